The van der Waals surface area contributed by atoms with Gasteiger partial charge in [-0.15, -0.1) is 0 Å². The summed E-state index contributed by atoms with van der Waals surface area (Å²) < 4.78 is 4.69. The van der Waals surface area contributed by atoms with Crippen molar-refractivity contribution in [3.05, 3.63) is 239 Å². The minimum Gasteiger partial charge on any atom is -0.308 e. The SMILES string of the molecule is N#Cc1c(C2c3ccccc3-c3ccccc32)c(C#N)c(-n2c3ccccc3c3ccccc32)c(C2c3ccccc3-c3ccccc32)c1-n1c2ccccc2c2ccccc21. The maximum atomic E-state index is 12.2. The molecule has 62 heavy (non-hydrogen) atoms. The average molecular weight is 787 g/mol. The number of benzene rings is 9. The van der Waals surface area contributed by atoms with Crippen molar-refractivity contribution in [2.45, 2.75) is 11.8 Å². The highest BCUT2D eigenvalue weighted by molar-refractivity contribution is 6.12. The molecule has 0 fully saturated rings. The molecule has 0 aliphatic heterocycles. The number of nitrogens with zero attached hydrogens (tertiary/aromatic N) is 4. The number of rotatable bonds is 4. The van der Waals surface area contributed by atoms with Crippen molar-refractivity contribution in [1.29, 1.82) is 10.5 Å². The van der Waals surface area contributed by atoms with Gasteiger partial charge in [-0.25, -0.2) is 0 Å². The van der Waals surface area contributed by atoms with Gasteiger partial charge in [0.25, 0.3) is 0 Å². The first kappa shape index (κ1) is 34.4. The van der Waals surface area contributed by atoms with E-state index < -0.39 is 0 Å². The van der Waals surface area contributed by atoms with Gasteiger partial charge in [-0.3, -0.25) is 0 Å². The molecule has 0 saturated carbocycles. The van der Waals surface area contributed by atoms with Crippen LogP contribution in [0.5, 0.6) is 0 Å². The number of hydrogen-bond donors (Lipinski definition) is 0. The molecule has 2 aromatic heterocycles. The molecule has 0 unspecified atom stereocenters. The van der Waals surface area contributed by atoms with Crippen LogP contribution in [-0.4, -0.2) is 9.13 Å². The van der Waals surface area contributed by atoms with E-state index in [1.165, 1.54) is 0 Å². The number of fused-ring (bicyclic) bond motifs is 12. The van der Waals surface area contributed by atoms with Gasteiger partial charge in [-0.05, 0) is 68.8 Å². The molecule has 13 rings (SSSR count). The van der Waals surface area contributed by atoms with Crippen molar-refractivity contribution in [3.63, 3.8) is 0 Å². The fourth-order valence-corrected chi connectivity index (χ4v) is 11.3. The van der Waals surface area contributed by atoms with Crippen LogP contribution in [0.1, 0.15) is 56.3 Å². The Morgan fingerprint density at radius 1 is 0.306 bits per heavy atom. The van der Waals surface area contributed by atoms with Gasteiger partial charge >= 0.3 is 0 Å². The van der Waals surface area contributed by atoms with Gasteiger partial charge in [0, 0.05) is 44.5 Å². The van der Waals surface area contributed by atoms with Gasteiger partial charge in [0.05, 0.1) is 44.6 Å². The van der Waals surface area contributed by atoms with Crippen molar-refractivity contribution in [3.8, 4) is 45.8 Å². The Morgan fingerprint density at radius 2 is 0.565 bits per heavy atom. The summed E-state index contributed by atoms with van der Waals surface area (Å²) in [5, 5.41) is 28.7. The number of para-hydroxylation sites is 4. The fraction of sp³-hybridized carbons (Fsp3) is 0.0345. The van der Waals surface area contributed by atoms with Gasteiger partial charge in [0.1, 0.15) is 12.1 Å². The summed E-state index contributed by atoms with van der Waals surface area (Å²) in [4.78, 5) is 0. The van der Waals surface area contributed by atoms with Gasteiger partial charge < -0.3 is 9.13 Å². The fourth-order valence-electron chi connectivity index (χ4n) is 11.3. The molecule has 2 heterocycles. The Morgan fingerprint density at radius 3 is 0.871 bits per heavy atom. The lowest BCUT2D eigenvalue weighted by Gasteiger charge is -2.30. The molecule has 11 aromatic rings. The first-order valence-electron chi connectivity index (χ1n) is 21.1. The summed E-state index contributed by atoms with van der Waals surface area (Å²) in [5.41, 5.74) is 17.3. The summed E-state index contributed by atoms with van der Waals surface area (Å²) in [6.07, 6.45) is 0. The lowest BCUT2D eigenvalue weighted by atomic mass is 9.77. The van der Waals surface area contributed by atoms with E-state index in [9.17, 15) is 10.5 Å². The van der Waals surface area contributed by atoms with Crippen molar-refractivity contribution in [2.24, 2.45) is 0 Å². The van der Waals surface area contributed by atoms with Crippen LogP contribution in [0.3, 0.4) is 0 Å². The Hall–Kier alpha value is -8.44. The zero-order chi connectivity index (χ0) is 41.1. The Labute approximate surface area is 358 Å². The topological polar surface area (TPSA) is 57.4 Å². The molecule has 4 nitrogen and oxygen atoms in total. The third-order valence-electron chi connectivity index (χ3n) is 13.6. The van der Waals surface area contributed by atoms with Gasteiger partial charge in [0.15, 0.2) is 0 Å². The number of nitriles is 2. The highest BCUT2D eigenvalue weighted by atomic mass is 15.0. The molecule has 0 radical (unpaired) electrons. The van der Waals surface area contributed by atoms with Crippen LogP contribution in [0.25, 0.3) is 77.2 Å². The van der Waals surface area contributed by atoms with Crippen molar-refractivity contribution in [1.82, 2.24) is 9.13 Å². The molecule has 4 heteroatoms. The van der Waals surface area contributed by atoms with Gasteiger partial charge in [-0.2, -0.15) is 10.5 Å². The average Bonchev–Trinajstić information content (AvgIpc) is 4.06. The molecule has 0 atom stereocenters. The molecule has 286 valence electrons. The first-order chi connectivity index (χ1) is 30.8. The van der Waals surface area contributed by atoms with Crippen LogP contribution in [0, 0.1) is 22.7 Å². The second-order valence-corrected chi connectivity index (χ2v) is 16.5. The third-order valence-corrected chi connectivity index (χ3v) is 13.6. The summed E-state index contributed by atoms with van der Waals surface area (Å²) in [6.45, 7) is 0. The van der Waals surface area contributed by atoms with Gasteiger partial charge in [-0.1, -0.05) is 170 Å². The molecule has 0 saturated heterocycles. The molecule has 0 spiro atoms. The van der Waals surface area contributed by atoms with E-state index in [2.05, 4.69) is 215 Å². The van der Waals surface area contributed by atoms with Crippen LogP contribution in [-0.2, 0) is 0 Å². The molecule has 0 bridgehead atoms. The van der Waals surface area contributed by atoms with Crippen molar-refractivity contribution in [2.75, 3.05) is 0 Å². The summed E-state index contributed by atoms with van der Waals surface area (Å²) in [6, 6.07) is 74.3. The van der Waals surface area contributed by atoms with E-state index in [-0.39, 0.29) is 11.8 Å². The van der Waals surface area contributed by atoms with Crippen LogP contribution in [0.2, 0.25) is 0 Å². The van der Waals surface area contributed by atoms with E-state index in [0.29, 0.717) is 11.1 Å². The van der Waals surface area contributed by atoms with E-state index >= 15 is 0 Å². The molecule has 2 aliphatic carbocycles. The second kappa shape index (κ2) is 13.0. The molecule has 0 N–H and O–H groups in total. The number of aromatic nitrogens is 2. The second-order valence-electron chi connectivity index (χ2n) is 16.5. The van der Waals surface area contributed by atoms with Crippen LogP contribution in [0.4, 0.5) is 0 Å². The van der Waals surface area contributed by atoms with Crippen LogP contribution < -0.4 is 0 Å². The van der Waals surface area contributed by atoms with E-state index in [0.717, 1.165) is 111 Å². The molecular weight excluding hydrogens is 753 g/mol. The quantitative estimate of drug-likeness (QED) is 0.178. The molecule has 2 aliphatic rings. The minimum atomic E-state index is -0.386. The first-order valence-corrected chi connectivity index (χ1v) is 21.1. The Balaban J connectivity index is 1.34. The smallest absolute Gasteiger partial charge is 0.102 e. The summed E-state index contributed by atoms with van der Waals surface area (Å²) in [7, 11) is 0. The monoisotopic (exact) mass is 786 g/mol. The molecular formula is C58H34N4. The normalized spacial score (nSPS) is 13.0. The Kier molecular flexibility index (Phi) is 7.23. The highest BCUT2D eigenvalue weighted by Gasteiger charge is 2.42. The Bertz CT molecular complexity index is 3460. The largest absolute Gasteiger partial charge is 0.308 e. The zero-order valence-corrected chi connectivity index (χ0v) is 33.4. The van der Waals surface area contributed by atoms with Gasteiger partial charge in [0.2, 0.25) is 0 Å². The van der Waals surface area contributed by atoms with Crippen LogP contribution >= 0.6 is 0 Å². The third kappa shape index (κ3) is 4.48. The zero-order valence-electron chi connectivity index (χ0n) is 33.4. The standard InChI is InChI=1S/C58H34N4/c59-33-47-55(53-43-25-5-1-17-35(43)36-18-2-6-26-44(36)53)48(34-60)58(62-51-31-15-11-23-41(51)42-24-12-16-32-52(42)62)56(54-45-27-7-3-19-37(45)38-20-4-8-28-46(38)54)57(47)61-49-29-13-9-21-39(49)40-22-10-14-30-50(40)61/h1-32,53-54H. The number of hydrogen-bond acceptors (Lipinski definition) is 2. The van der Waals surface area contributed by atoms with Crippen molar-refractivity contribution < 1.29 is 0 Å². The summed E-state index contributed by atoms with van der Waals surface area (Å²) >= 11 is 0. The minimum absolute atomic E-state index is 0.330. The maximum absolute atomic E-state index is 12.2. The molecule has 9 aromatic carbocycles. The predicted molar refractivity (Wildman–Crippen MR) is 250 cm³/mol. The van der Waals surface area contributed by atoms with Crippen LogP contribution in [0.15, 0.2) is 194 Å². The van der Waals surface area contributed by atoms with E-state index in [4.69, 9.17) is 0 Å². The lowest BCUT2D eigenvalue weighted by molar-refractivity contribution is 0.921. The van der Waals surface area contributed by atoms with Crippen molar-refractivity contribution >= 4 is 43.6 Å². The van der Waals surface area contributed by atoms with E-state index in [1.807, 2.05) is 0 Å². The highest BCUT2D eigenvalue weighted by Crippen LogP contribution is 2.57. The lowest BCUT2D eigenvalue weighted by Crippen LogP contribution is -2.19. The maximum Gasteiger partial charge on any atom is 0.102 e. The van der Waals surface area contributed by atoms with E-state index in [1.54, 1.807) is 0 Å². The summed E-state index contributed by atoms with van der Waals surface area (Å²) in [5.74, 6) is -0.716. The predicted octanol–water partition coefficient (Wildman–Crippen LogP) is 13.9. The molecule has 0 amide bonds.